The number of ether oxygens (including phenoxy) is 2. The van der Waals surface area contributed by atoms with Gasteiger partial charge in [-0.15, -0.1) is 0 Å². The first-order valence-corrected chi connectivity index (χ1v) is 9.90. The molecule has 0 aliphatic rings. The molecule has 0 saturated heterocycles. The van der Waals surface area contributed by atoms with Gasteiger partial charge in [-0.05, 0) is 36.7 Å². The highest BCUT2D eigenvalue weighted by Gasteiger charge is 2.40. The summed E-state index contributed by atoms with van der Waals surface area (Å²) in [5.41, 5.74) is 1.26. The minimum atomic E-state index is -2.06. The fourth-order valence-corrected chi connectivity index (χ4v) is 2.73. The first-order chi connectivity index (χ1) is 9.53. The molecule has 0 aromatic heterocycles. The molecule has 21 heavy (non-hydrogen) atoms. The fraction of sp³-hybridized carbons (Fsp3) is 0.562. The third-order valence-corrected chi connectivity index (χ3v) is 8.41. The maximum atomic E-state index is 12.1. The summed E-state index contributed by atoms with van der Waals surface area (Å²) in [5, 5.41) is 0.0391. The van der Waals surface area contributed by atoms with Gasteiger partial charge in [0.15, 0.2) is 0 Å². The average molecular weight is 310 g/mol. The number of rotatable bonds is 4. The zero-order valence-electron chi connectivity index (χ0n) is 14.3. The second kappa shape index (κ2) is 6.09. The van der Waals surface area contributed by atoms with Gasteiger partial charge in [0.2, 0.25) is 0 Å². The van der Waals surface area contributed by atoms with Crippen molar-refractivity contribution >= 4 is 14.3 Å². The summed E-state index contributed by atoms with van der Waals surface area (Å²) in [6.07, 6.45) is 0. The van der Waals surface area contributed by atoms with Crippen LogP contribution in [0.25, 0.3) is 0 Å². The maximum absolute atomic E-state index is 12.1. The van der Waals surface area contributed by atoms with Crippen molar-refractivity contribution in [2.45, 2.75) is 45.8 Å². The van der Waals surface area contributed by atoms with Crippen molar-refractivity contribution in [3.05, 3.63) is 23.3 Å². The second-order valence-corrected chi connectivity index (χ2v) is 11.4. The molecule has 0 heterocycles. The van der Waals surface area contributed by atoms with Gasteiger partial charge in [-0.3, -0.25) is 0 Å². The van der Waals surface area contributed by atoms with E-state index in [1.165, 1.54) is 7.11 Å². The number of hydrogen-bond donors (Lipinski definition) is 0. The van der Waals surface area contributed by atoms with Crippen LogP contribution >= 0.6 is 0 Å². The van der Waals surface area contributed by atoms with Crippen molar-refractivity contribution in [2.24, 2.45) is 0 Å². The van der Waals surface area contributed by atoms with Crippen LogP contribution in [-0.2, 0) is 4.74 Å². The van der Waals surface area contributed by atoms with E-state index in [0.29, 0.717) is 17.1 Å². The van der Waals surface area contributed by atoms with Crippen LogP contribution in [0.1, 0.15) is 36.7 Å². The molecule has 0 spiro atoms. The molecular formula is C16H26O4Si. The van der Waals surface area contributed by atoms with Gasteiger partial charge in [0.25, 0.3) is 8.32 Å². The zero-order chi connectivity index (χ0) is 16.4. The Kier molecular flexibility index (Phi) is 5.10. The molecule has 1 aromatic rings. The largest absolute Gasteiger partial charge is 0.543 e. The molecule has 1 rings (SSSR count). The minimum Gasteiger partial charge on any atom is -0.543 e. The van der Waals surface area contributed by atoms with Crippen LogP contribution in [0.4, 0.5) is 0 Å². The Morgan fingerprint density at radius 1 is 1.14 bits per heavy atom. The van der Waals surface area contributed by atoms with Crippen molar-refractivity contribution in [2.75, 3.05) is 14.2 Å². The first kappa shape index (κ1) is 17.6. The fourth-order valence-electron chi connectivity index (χ4n) is 1.71. The molecule has 0 aliphatic carbocycles. The van der Waals surface area contributed by atoms with Crippen molar-refractivity contribution in [1.29, 1.82) is 0 Å². The normalized spacial score (nSPS) is 12.0. The van der Waals surface area contributed by atoms with E-state index in [1.54, 1.807) is 13.2 Å². The molecule has 0 saturated carbocycles. The van der Waals surface area contributed by atoms with Gasteiger partial charge in [0, 0.05) is 6.07 Å². The Hall–Kier alpha value is -1.49. The number of carbonyl (C=O) groups is 1. The molecule has 0 amide bonds. The van der Waals surface area contributed by atoms with Gasteiger partial charge >= 0.3 is 5.97 Å². The molecule has 0 bridgehead atoms. The Morgan fingerprint density at radius 3 is 2.14 bits per heavy atom. The minimum absolute atomic E-state index is 0.0391. The van der Waals surface area contributed by atoms with E-state index < -0.39 is 8.32 Å². The third kappa shape index (κ3) is 3.78. The Bertz CT molecular complexity index is 530. The standard InChI is InChI=1S/C16H26O4Si/c1-11-9-12(18-5)10-13(14(11)15(17)19-6)20-21(7,8)16(2,3)4/h9-10H,1-8H3. The lowest BCUT2D eigenvalue weighted by molar-refractivity contribution is 0.0597. The van der Waals surface area contributed by atoms with Crippen LogP contribution in [0, 0.1) is 6.92 Å². The lowest BCUT2D eigenvalue weighted by Gasteiger charge is -2.37. The molecule has 0 fully saturated rings. The molecule has 0 unspecified atom stereocenters. The van der Waals surface area contributed by atoms with E-state index in [9.17, 15) is 4.79 Å². The number of methoxy groups -OCH3 is 2. The van der Waals surface area contributed by atoms with E-state index in [1.807, 2.05) is 13.0 Å². The van der Waals surface area contributed by atoms with Gasteiger partial charge in [0.05, 0.1) is 14.2 Å². The third-order valence-electron chi connectivity index (χ3n) is 4.07. The van der Waals surface area contributed by atoms with Gasteiger partial charge in [-0.25, -0.2) is 4.79 Å². The highest BCUT2D eigenvalue weighted by molar-refractivity contribution is 6.74. The molecular weight excluding hydrogens is 284 g/mol. The SMILES string of the molecule is COC(=O)c1c(C)cc(OC)cc1O[Si](C)(C)C(C)(C)C. The number of aryl methyl sites for hydroxylation is 1. The summed E-state index contributed by atoms with van der Waals surface area (Å²) >= 11 is 0. The summed E-state index contributed by atoms with van der Waals surface area (Å²) in [5.74, 6) is 0.836. The maximum Gasteiger partial charge on any atom is 0.341 e. The van der Waals surface area contributed by atoms with E-state index in [-0.39, 0.29) is 11.0 Å². The van der Waals surface area contributed by atoms with Crippen LogP contribution in [-0.4, -0.2) is 28.5 Å². The Labute approximate surface area is 128 Å². The summed E-state index contributed by atoms with van der Waals surface area (Å²) in [6, 6.07) is 3.57. The van der Waals surface area contributed by atoms with E-state index in [2.05, 4.69) is 33.9 Å². The zero-order valence-corrected chi connectivity index (χ0v) is 15.3. The van der Waals surface area contributed by atoms with Gasteiger partial charge in [0.1, 0.15) is 17.1 Å². The lowest BCUT2D eigenvalue weighted by atomic mass is 10.1. The number of esters is 1. The van der Waals surface area contributed by atoms with Crippen molar-refractivity contribution in [1.82, 2.24) is 0 Å². The van der Waals surface area contributed by atoms with Crippen LogP contribution in [0.2, 0.25) is 18.1 Å². The van der Waals surface area contributed by atoms with Crippen molar-refractivity contribution in [3.8, 4) is 11.5 Å². The summed E-state index contributed by atoms with van der Waals surface area (Å²) in [7, 11) is 0.919. The highest BCUT2D eigenvalue weighted by atomic mass is 28.4. The van der Waals surface area contributed by atoms with Crippen LogP contribution < -0.4 is 9.16 Å². The second-order valence-electron chi connectivity index (χ2n) is 6.67. The Balaban J connectivity index is 3.39. The smallest absolute Gasteiger partial charge is 0.341 e. The van der Waals surface area contributed by atoms with E-state index in [4.69, 9.17) is 13.9 Å². The number of hydrogen-bond acceptors (Lipinski definition) is 4. The lowest BCUT2D eigenvalue weighted by Crippen LogP contribution is -2.44. The molecule has 0 aliphatic heterocycles. The van der Waals surface area contributed by atoms with Crippen molar-refractivity contribution < 1.29 is 18.7 Å². The molecule has 0 atom stereocenters. The van der Waals surface area contributed by atoms with Gasteiger partial charge in [-0.1, -0.05) is 20.8 Å². The highest BCUT2D eigenvalue weighted by Crippen LogP contribution is 2.40. The van der Waals surface area contributed by atoms with Crippen LogP contribution in [0.3, 0.4) is 0 Å². The summed E-state index contributed by atoms with van der Waals surface area (Å²) < 4.78 is 16.5. The predicted octanol–water partition coefficient (Wildman–Crippen LogP) is 4.17. The number of benzene rings is 1. The first-order valence-electron chi connectivity index (χ1n) is 6.99. The van der Waals surface area contributed by atoms with Crippen LogP contribution in [0.5, 0.6) is 11.5 Å². The average Bonchev–Trinajstić information content (AvgIpc) is 2.35. The topological polar surface area (TPSA) is 44.8 Å². The number of carbonyl (C=O) groups excluding carboxylic acids is 1. The van der Waals surface area contributed by atoms with Crippen molar-refractivity contribution in [3.63, 3.8) is 0 Å². The summed E-state index contributed by atoms with van der Waals surface area (Å²) in [4.78, 5) is 12.1. The summed E-state index contributed by atoms with van der Waals surface area (Å²) in [6.45, 7) is 12.6. The molecule has 118 valence electrons. The van der Waals surface area contributed by atoms with Crippen LogP contribution in [0.15, 0.2) is 12.1 Å². The monoisotopic (exact) mass is 310 g/mol. The molecule has 5 heteroatoms. The molecule has 1 aromatic carbocycles. The van der Waals surface area contributed by atoms with Gasteiger partial charge < -0.3 is 13.9 Å². The van der Waals surface area contributed by atoms with E-state index in [0.717, 1.165) is 5.56 Å². The molecule has 0 N–H and O–H groups in total. The molecule has 4 nitrogen and oxygen atoms in total. The molecule has 0 radical (unpaired) electrons. The quantitative estimate of drug-likeness (QED) is 0.618. The Morgan fingerprint density at radius 2 is 1.71 bits per heavy atom. The predicted molar refractivity (Wildman–Crippen MR) is 86.9 cm³/mol. The van der Waals surface area contributed by atoms with Gasteiger partial charge in [-0.2, -0.15) is 0 Å². The van der Waals surface area contributed by atoms with E-state index >= 15 is 0 Å².